The summed E-state index contributed by atoms with van der Waals surface area (Å²) in [6.45, 7) is 10.6. The number of nitrogens with one attached hydrogen (secondary N) is 1. The summed E-state index contributed by atoms with van der Waals surface area (Å²) in [4.78, 5) is 55.5. The van der Waals surface area contributed by atoms with E-state index < -0.39 is 106 Å². The highest BCUT2D eigenvalue weighted by Gasteiger charge is 2.76. The first-order valence-electron chi connectivity index (χ1n) is 18.4. The maximum atomic E-state index is 14.7. The molecule has 6 N–H and O–H groups in total. The Labute approximate surface area is 319 Å². The number of carbonyl (C=O) groups is 4. The van der Waals surface area contributed by atoms with Crippen LogP contribution in [0.4, 0.5) is 4.79 Å². The van der Waals surface area contributed by atoms with Gasteiger partial charge in [-0.2, -0.15) is 0 Å². The maximum absolute atomic E-state index is 14.7. The molecular formula is C41H51NO13. The van der Waals surface area contributed by atoms with Crippen molar-refractivity contribution in [2.75, 3.05) is 6.61 Å². The van der Waals surface area contributed by atoms with Gasteiger partial charge in [-0.05, 0) is 63.5 Å². The third-order valence-electron chi connectivity index (χ3n) is 12.3. The van der Waals surface area contributed by atoms with E-state index in [0.29, 0.717) is 5.56 Å². The summed E-state index contributed by atoms with van der Waals surface area (Å²) in [5.74, 6) is -4.55. The number of esters is 2. The number of rotatable bonds is 7. The van der Waals surface area contributed by atoms with Crippen molar-refractivity contribution in [3.8, 4) is 0 Å². The number of ether oxygens (including phenoxy) is 4. The van der Waals surface area contributed by atoms with Gasteiger partial charge < -0.3 is 49.8 Å². The predicted octanol–water partition coefficient (Wildman–Crippen LogP) is 2.69. The SMILES string of the molecule is CC1=C2[C@@H](O)C(=O)[C@@]3(C)C([C@H](OC(=O)c4ccccc4)[C@](O)(C[C@@H]1OC(=O)[C@H](O)[C@@H](NC(=O)OC(C)(C)C)c1ccccc1)C2(C)C)[C@]1(O)CO[C@@H]1C[C@@H]3O. The highest BCUT2D eigenvalue weighted by Crippen LogP contribution is 2.63. The molecule has 55 heavy (non-hydrogen) atoms. The van der Waals surface area contributed by atoms with Crippen molar-refractivity contribution in [2.45, 2.75) is 121 Å². The lowest BCUT2D eigenvalue weighted by Crippen LogP contribution is -2.81. The Hall–Kier alpha value is -4.18. The molecule has 0 spiro atoms. The number of amides is 1. The minimum absolute atomic E-state index is 0.0448. The molecule has 0 radical (unpaired) electrons. The smallest absolute Gasteiger partial charge is 0.408 e. The third kappa shape index (κ3) is 6.66. The number of aliphatic hydroxyl groups excluding tert-OH is 3. The molecule has 1 aliphatic heterocycles. The van der Waals surface area contributed by atoms with E-state index in [1.54, 1.807) is 83.1 Å². The summed E-state index contributed by atoms with van der Waals surface area (Å²) in [5, 5.41) is 63.2. The molecule has 3 aliphatic carbocycles. The zero-order chi connectivity index (χ0) is 40.5. The van der Waals surface area contributed by atoms with Crippen molar-refractivity contribution in [1.82, 2.24) is 5.32 Å². The molecule has 14 nitrogen and oxygen atoms in total. The fraction of sp³-hybridized carbons (Fsp3) is 0.561. The predicted molar refractivity (Wildman–Crippen MR) is 194 cm³/mol. The largest absolute Gasteiger partial charge is 0.456 e. The lowest BCUT2D eigenvalue weighted by atomic mass is 9.44. The van der Waals surface area contributed by atoms with E-state index in [-0.39, 0.29) is 29.7 Å². The van der Waals surface area contributed by atoms with E-state index in [1.807, 2.05) is 0 Å². The monoisotopic (exact) mass is 765 g/mol. The van der Waals surface area contributed by atoms with Crippen LogP contribution in [-0.2, 0) is 28.5 Å². The van der Waals surface area contributed by atoms with Gasteiger partial charge in [0, 0.05) is 24.2 Å². The summed E-state index contributed by atoms with van der Waals surface area (Å²) >= 11 is 0. The van der Waals surface area contributed by atoms with Gasteiger partial charge in [0.1, 0.15) is 35.1 Å². The van der Waals surface area contributed by atoms with Crippen LogP contribution in [0.15, 0.2) is 71.8 Å². The van der Waals surface area contributed by atoms with E-state index in [9.17, 15) is 44.7 Å². The molecule has 2 aromatic rings. The van der Waals surface area contributed by atoms with Crippen LogP contribution in [-0.4, -0.2) is 109 Å². The normalized spacial score (nSPS) is 35.0. The number of benzene rings is 2. The summed E-state index contributed by atoms with van der Waals surface area (Å²) in [5.41, 5.74) is -8.10. The topological polar surface area (TPSA) is 218 Å². The van der Waals surface area contributed by atoms with Crippen LogP contribution in [0.3, 0.4) is 0 Å². The van der Waals surface area contributed by atoms with Gasteiger partial charge in [-0.3, -0.25) is 4.79 Å². The van der Waals surface area contributed by atoms with Crippen LogP contribution in [0.25, 0.3) is 0 Å². The molecule has 1 saturated heterocycles. The molecule has 1 amide bonds. The van der Waals surface area contributed by atoms with Gasteiger partial charge in [0.05, 0.1) is 35.8 Å². The van der Waals surface area contributed by atoms with Crippen molar-refractivity contribution in [2.24, 2.45) is 16.7 Å². The number of alkyl carbamates (subject to hydrolysis) is 1. The molecule has 14 heteroatoms. The first kappa shape index (κ1) is 40.5. The second kappa shape index (κ2) is 14.1. The maximum Gasteiger partial charge on any atom is 0.408 e. The fourth-order valence-electron chi connectivity index (χ4n) is 9.16. The lowest BCUT2D eigenvalue weighted by Gasteiger charge is -2.66. The zero-order valence-electron chi connectivity index (χ0n) is 32.0. The molecule has 11 atom stereocenters. The van der Waals surface area contributed by atoms with Crippen LogP contribution >= 0.6 is 0 Å². The number of carbonyl (C=O) groups excluding carboxylic acids is 4. The van der Waals surface area contributed by atoms with E-state index in [4.69, 9.17) is 18.9 Å². The standard InChI is InChI=1S/C41H51NO13/c1-21-24(53-35(48)30(45)28(22-14-10-8-11-15-22)42-36(49)55-37(2,3)4)19-41(51)33(54-34(47)23-16-12-9-13-17-23)31-39(7,25(43)18-26-40(31,50)20-52-26)32(46)29(44)27(21)38(41,5)6/h8-17,24-26,28-31,33,43-45,50-51H,18-20H2,1-7H3,(H,42,49)/t24-,25-,26+,28-,29+,30+,31?,33-,39+,40-,41+/m0/s1. The average molecular weight is 766 g/mol. The second-order valence-corrected chi connectivity index (χ2v) is 17.0. The number of hydrogen-bond donors (Lipinski definition) is 6. The van der Waals surface area contributed by atoms with Crippen LogP contribution in [0, 0.1) is 16.7 Å². The highest BCUT2D eigenvalue weighted by molar-refractivity contribution is 5.94. The minimum Gasteiger partial charge on any atom is -0.456 e. The Morgan fingerprint density at radius 1 is 0.945 bits per heavy atom. The number of fused-ring (bicyclic) bond motifs is 5. The lowest BCUT2D eigenvalue weighted by molar-refractivity contribution is -0.343. The second-order valence-electron chi connectivity index (χ2n) is 17.0. The Bertz CT molecular complexity index is 1860. The van der Waals surface area contributed by atoms with Crippen molar-refractivity contribution in [3.05, 3.63) is 82.9 Å². The molecule has 0 aromatic heterocycles. The van der Waals surface area contributed by atoms with Gasteiger partial charge in [0.15, 0.2) is 11.9 Å². The van der Waals surface area contributed by atoms with Gasteiger partial charge in [-0.15, -0.1) is 0 Å². The van der Waals surface area contributed by atoms with Crippen LogP contribution in [0.1, 0.15) is 83.3 Å². The first-order valence-corrected chi connectivity index (χ1v) is 18.4. The summed E-state index contributed by atoms with van der Waals surface area (Å²) in [7, 11) is 0. The van der Waals surface area contributed by atoms with E-state index >= 15 is 0 Å². The van der Waals surface area contributed by atoms with Crippen LogP contribution in [0.2, 0.25) is 0 Å². The molecule has 1 unspecified atom stereocenters. The quantitative estimate of drug-likeness (QED) is 0.136. The van der Waals surface area contributed by atoms with Crippen LogP contribution in [0.5, 0.6) is 0 Å². The van der Waals surface area contributed by atoms with Crippen molar-refractivity contribution in [1.29, 1.82) is 0 Å². The van der Waals surface area contributed by atoms with Gasteiger partial charge in [-0.25, -0.2) is 14.4 Å². The van der Waals surface area contributed by atoms with Gasteiger partial charge >= 0.3 is 18.0 Å². The fourth-order valence-corrected chi connectivity index (χ4v) is 9.16. The Kier molecular flexibility index (Phi) is 10.4. The molecule has 298 valence electrons. The average Bonchev–Trinajstić information content (AvgIpc) is 3.12. The van der Waals surface area contributed by atoms with E-state index in [1.165, 1.54) is 26.0 Å². The molecular weight excluding hydrogens is 714 g/mol. The summed E-state index contributed by atoms with van der Waals surface area (Å²) < 4.78 is 23.2. The van der Waals surface area contributed by atoms with Crippen molar-refractivity contribution in [3.63, 3.8) is 0 Å². The molecule has 4 aliphatic rings. The molecule has 1 heterocycles. The zero-order valence-corrected chi connectivity index (χ0v) is 32.0. The number of hydrogen-bond acceptors (Lipinski definition) is 13. The summed E-state index contributed by atoms with van der Waals surface area (Å²) in [6, 6.07) is 14.7. The first-order chi connectivity index (χ1) is 25.6. The molecule has 3 fully saturated rings. The number of aliphatic hydroxyl groups is 5. The molecule has 6 rings (SSSR count). The van der Waals surface area contributed by atoms with Gasteiger partial charge in [0.25, 0.3) is 0 Å². The number of Topliss-reactive ketones (excluding diaryl/α,β-unsaturated/α-hetero) is 1. The third-order valence-corrected chi connectivity index (χ3v) is 12.3. The molecule has 2 saturated carbocycles. The van der Waals surface area contributed by atoms with Gasteiger partial charge in [0.2, 0.25) is 0 Å². The highest BCUT2D eigenvalue weighted by atomic mass is 16.6. The Balaban J connectivity index is 1.45. The van der Waals surface area contributed by atoms with Crippen LogP contribution < -0.4 is 5.32 Å². The minimum atomic E-state index is -2.31. The van der Waals surface area contributed by atoms with E-state index in [0.717, 1.165) is 0 Å². The molecule has 2 bridgehead atoms. The van der Waals surface area contributed by atoms with Gasteiger partial charge in [-0.1, -0.05) is 62.4 Å². The molecule has 2 aromatic carbocycles. The Morgan fingerprint density at radius 2 is 1.55 bits per heavy atom. The summed E-state index contributed by atoms with van der Waals surface area (Å²) in [6.07, 6.45) is -11.3. The van der Waals surface area contributed by atoms with Crippen molar-refractivity contribution >= 4 is 23.8 Å². The van der Waals surface area contributed by atoms with Crippen molar-refractivity contribution < 1.29 is 63.7 Å². The Morgan fingerprint density at radius 3 is 2.11 bits per heavy atom. The van der Waals surface area contributed by atoms with E-state index in [2.05, 4.69) is 5.32 Å². The number of ketones is 1.